The number of para-hydroxylation sites is 1. The van der Waals surface area contributed by atoms with Gasteiger partial charge in [0.15, 0.2) is 11.5 Å². The number of aromatic nitrogens is 3. The Morgan fingerprint density at radius 2 is 1.94 bits per heavy atom. The van der Waals surface area contributed by atoms with E-state index < -0.39 is 5.82 Å². The fourth-order valence-corrected chi connectivity index (χ4v) is 5.09. The Kier molecular flexibility index (Phi) is 6.15. The van der Waals surface area contributed by atoms with Crippen LogP contribution in [0.2, 0.25) is 10.0 Å². The summed E-state index contributed by atoms with van der Waals surface area (Å²) in [6.45, 7) is 6.36. The summed E-state index contributed by atoms with van der Waals surface area (Å²) in [5, 5.41) is 7.68. The number of nitrogens with zero attached hydrogens (tertiary/aromatic N) is 3. The van der Waals surface area contributed by atoms with Crippen molar-refractivity contribution in [3.63, 3.8) is 0 Å². The lowest BCUT2D eigenvalue weighted by Crippen LogP contribution is -2.33. The van der Waals surface area contributed by atoms with Gasteiger partial charge in [-0.25, -0.2) is 13.9 Å². The normalized spacial score (nSPS) is 15.2. The Hall–Kier alpha value is -3.16. The fourth-order valence-electron chi connectivity index (χ4n) is 4.60. The smallest absolute Gasteiger partial charge is 0.255 e. The molecule has 1 amide bonds. The molecule has 1 atom stereocenters. The summed E-state index contributed by atoms with van der Waals surface area (Å²) in [7, 11) is 0. The van der Waals surface area contributed by atoms with E-state index >= 15 is 0 Å². The number of aryl methyl sites for hydroxylation is 1. The summed E-state index contributed by atoms with van der Waals surface area (Å²) in [6.07, 6.45) is 2.25. The zero-order chi connectivity index (χ0) is 24.9. The van der Waals surface area contributed by atoms with Gasteiger partial charge < -0.3 is 10.1 Å². The van der Waals surface area contributed by atoms with Crippen molar-refractivity contribution in [2.75, 3.05) is 6.61 Å². The molecule has 1 N–H and O–H groups in total. The van der Waals surface area contributed by atoms with E-state index in [2.05, 4.69) is 10.3 Å². The van der Waals surface area contributed by atoms with E-state index in [0.717, 1.165) is 17.0 Å². The Balaban J connectivity index is 1.58. The summed E-state index contributed by atoms with van der Waals surface area (Å²) in [5.74, 6) is -0.149. The average molecular weight is 513 g/mol. The number of carbonyl (C=O) groups is 1. The lowest BCUT2D eigenvalue weighted by Gasteiger charge is -2.27. The van der Waals surface area contributed by atoms with Gasteiger partial charge in [-0.2, -0.15) is 5.10 Å². The van der Waals surface area contributed by atoms with Gasteiger partial charge in [0.2, 0.25) is 0 Å². The predicted octanol–water partition coefficient (Wildman–Crippen LogP) is 6.53. The second-order valence-corrected chi connectivity index (χ2v) is 9.68. The molecule has 0 aliphatic carbocycles. The molecule has 1 aliphatic rings. The first kappa shape index (κ1) is 23.6. The highest BCUT2D eigenvalue weighted by Crippen LogP contribution is 2.36. The van der Waals surface area contributed by atoms with Crippen LogP contribution in [0.15, 0.2) is 42.6 Å². The van der Waals surface area contributed by atoms with Gasteiger partial charge >= 0.3 is 0 Å². The number of ether oxygens (including phenoxy) is 1. The molecule has 1 aliphatic heterocycles. The molecule has 0 saturated heterocycles. The van der Waals surface area contributed by atoms with Crippen molar-refractivity contribution in [3.05, 3.63) is 81.0 Å². The number of hydrogen-bond donors (Lipinski definition) is 1. The molecule has 0 radical (unpaired) electrons. The van der Waals surface area contributed by atoms with Crippen molar-refractivity contribution in [2.45, 2.75) is 39.2 Å². The fraction of sp³-hybridized carbons (Fsp3) is 0.269. The van der Waals surface area contributed by atoms with Crippen molar-refractivity contribution in [1.29, 1.82) is 0 Å². The van der Waals surface area contributed by atoms with Gasteiger partial charge in [0.05, 0.1) is 39.6 Å². The lowest BCUT2D eigenvalue weighted by molar-refractivity contribution is 0.0922. The van der Waals surface area contributed by atoms with Crippen LogP contribution in [0.4, 0.5) is 4.39 Å². The number of benzene rings is 2. The number of nitrogens with one attached hydrogen (secondary N) is 1. The zero-order valence-corrected chi connectivity index (χ0v) is 20.9. The minimum absolute atomic E-state index is 0.0317. The topological polar surface area (TPSA) is 68.5 Å². The molecule has 5 rings (SSSR count). The van der Waals surface area contributed by atoms with Gasteiger partial charge in [0.1, 0.15) is 5.75 Å². The van der Waals surface area contributed by atoms with Crippen LogP contribution < -0.4 is 10.1 Å². The van der Waals surface area contributed by atoms with E-state index in [1.165, 1.54) is 12.1 Å². The third-order valence-corrected chi connectivity index (χ3v) is 6.73. The predicted molar refractivity (Wildman–Crippen MR) is 134 cm³/mol. The molecule has 2 aromatic carbocycles. The van der Waals surface area contributed by atoms with Gasteiger partial charge in [0.25, 0.3) is 5.91 Å². The van der Waals surface area contributed by atoms with Crippen molar-refractivity contribution in [2.24, 2.45) is 0 Å². The van der Waals surface area contributed by atoms with Crippen molar-refractivity contribution < 1.29 is 13.9 Å². The highest BCUT2D eigenvalue weighted by atomic mass is 35.5. The Bertz CT molecular complexity index is 1440. The minimum Gasteiger partial charge on any atom is -0.493 e. The Morgan fingerprint density at radius 3 is 2.66 bits per heavy atom. The molecule has 2 aromatic heterocycles. The number of fused-ring (bicyclic) bond motifs is 2. The van der Waals surface area contributed by atoms with Crippen molar-refractivity contribution >= 4 is 34.8 Å². The number of amides is 1. The monoisotopic (exact) mass is 512 g/mol. The van der Waals surface area contributed by atoms with E-state index in [4.69, 9.17) is 33.0 Å². The maximum atomic E-state index is 14.0. The first-order valence-electron chi connectivity index (χ1n) is 11.3. The first-order valence-corrected chi connectivity index (χ1v) is 12.1. The van der Waals surface area contributed by atoms with E-state index in [-0.39, 0.29) is 27.9 Å². The summed E-state index contributed by atoms with van der Waals surface area (Å²) >= 11 is 12.1. The van der Waals surface area contributed by atoms with Crippen LogP contribution in [0.25, 0.3) is 16.8 Å². The molecule has 0 unspecified atom stereocenters. The average Bonchev–Trinajstić information content (AvgIpc) is 3.17. The van der Waals surface area contributed by atoms with Crippen molar-refractivity contribution in [1.82, 2.24) is 19.9 Å². The van der Waals surface area contributed by atoms with Crippen LogP contribution in [0.1, 0.15) is 59.5 Å². The second kappa shape index (κ2) is 9.13. The maximum absolute atomic E-state index is 14.0. The minimum atomic E-state index is -0.671. The standard InChI is InChI=1S/C26H23Cl2FN4O2/c1-13(2)24-17(26(34)31-20-8-9-35-21-7-5-4-6-16(20)21)12-30-25-22(14(3)32-33(24)25)15-10-18(27)23(29)19(28)11-15/h4-7,10-13,20H,8-9H2,1-3H3,(H,31,34)/t20-/m0/s1. The van der Waals surface area contributed by atoms with Gasteiger partial charge in [-0.15, -0.1) is 0 Å². The molecule has 6 nitrogen and oxygen atoms in total. The number of hydrogen-bond acceptors (Lipinski definition) is 4. The third-order valence-electron chi connectivity index (χ3n) is 6.18. The summed E-state index contributed by atoms with van der Waals surface area (Å²) in [6, 6.07) is 10.6. The first-order chi connectivity index (χ1) is 16.8. The highest BCUT2D eigenvalue weighted by molar-refractivity contribution is 6.35. The second-order valence-electron chi connectivity index (χ2n) is 8.86. The molecule has 3 heterocycles. The van der Waals surface area contributed by atoms with Crippen LogP contribution in [-0.2, 0) is 0 Å². The SMILES string of the molecule is Cc1nn2c(C(C)C)c(C(=O)N[C@H]3CCOc4ccccc43)cnc2c1-c1cc(Cl)c(F)c(Cl)c1. The zero-order valence-electron chi connectivity index (χ0n) is 19.4. The molecule has 0 saturated carbocycles. The third kappa shape index (κ3) is 4.13. The summed E-state index contributed by atoms with van der Waals surface area (Å²) < 4.78 is 21.4. The van der Waals surface area contributed by atoms with Gasteiger partial charge in [-0.3, -0.25) is 4.79 Å². The molecule has 0 bridgehead atoms. The highest BCUT2D eigenvalue weighted by Gasteiger charge is 2.27. The van der Waals surface area contributed by atoms with E-state index in [0.29, 0.717) is 41.1 Å². The van der Waals surface area contributed by atoms with Crippen LogP contribution in [0.3, 0.4) is 0 Å². The Morgan fingerprint density at radius 1 is 1.23 bits per heavy atom. The molecule has 35 heavy (non-hydrogen) atoms. The summed E-state index contributed by atoms with van der Waals surface area (Å²) in [4.78, 5) is 18.1. The maximum Gasteiger partial charge on any atom is 0.255 e. The molecule has 0 spiro atoms. The molecule has 0 fully saturated rings. The number of halogens is 3. The van der Waals surface area contributed by atoms with Crippen LogP contribution in [-0.4, -0.2) is 27.1 Å². The van der Waals surface area contributed by atoms with E-state index in [9.17, 15) is 9.18 Å². The van der Waals surface area contributed by atoms with Crippen molar-refractivity contribution in [3.8, 4) is 16.9 Å². The van der Waals surface area contributed by atoms with E-state index in [1.807, 2.05) is 45.0 Å². The van der Waals surface area contributed by atoms with Gasteiger partial charge in [-0.1, -0.05) is 55.2 Å². The molecule has 9 heteroatoms. The summed E-state index contributed by atoms with van der Waals surface area (Å²) in [5.41, 5.74) is 4.61. The molecule has 4 aromatic rings. The lowest BCUT2D eigenvalue weighted by atomic mass is 9.99. The molecule has 180 valence electrons. The number of carbonyl (C=O) groups excluding carboxylic acids is 1. The van der Waals surface area contributed by atoms with Crippen LogP contribution in [0, 0.1) is 12.7 Å². The van der Waals surface area contributed by atoms with Gasteiger partial charge in [-0.05, 0) is 36.6 Å². The molecular weight excluding hydrogens is 490 g/mol. The number of rotatable bonds is 4. The quantitative estimate of drug-likeness (QED) is 0.315. The molecular formula is C26H23Cl2FN4O2. The van der Waals surface area contributed by atoms with Crippen LogP contribution in [0.5, 0.6) is 5.75 Å². The Labute approximate surface area is 212 Å². The van der Waals surface area contributed by atoms with Crippen LogP contribution >= 0.6 is 23.2 Å². The van der Waals surface area contributed by atoms with E-state index in [1.54, 1.807) is 10.7 Å². The largest absolute Gasteiger partial charge is 0.493 e. The van der Waals surface area contributed by atoms with Gasteiger partial charge in [0, 0.05) is 23.7 Å².